The minimum absolute atomic E-state index is 0.219. The molecule has 0 aromatic heterocycles. The Bertz CT molecular complexity index is 513. The van der Waals surface area contributed by atoms with E-state index in [1.807, 2.05) is 11.8 Å². The van der Waals surface area contributed by atoms with E-state index in [0.717, 1.165) is 39.1 Å². The van der Waals surface area contributed by atoms with Gasteiger partial charge < -0.3 is 9.64 Å². The van der Waals surface area contributed by atoms with Crippen LogP contribution in [0, 0.1) is 5.82 Å². The molecule has 0 spiro atoms. The molecule has 0 saturated carbocycles. The van der Waals surface area contributed by atoms with E-state index < -0.39 is 0 Å². The molecule has 0 aliphatic carbocycles. The number of nitrogens with zero attached hydrogens (tertiary/aromatic N) is 2. The molecule has 1 aliphatic heterocycles. The molecule has 0 bridgehead atoms. The van der Waals surface area contributed by atoms with Crippen molar-refractivity contribution in [2.24, 2.45) is 0 Å². The summed E-state index contributed by atoms with van der Waals surface area (Å²) in [7, 11) is 0. The highest BCUT2D eigenvalue weighted by Gasteiger charge is 2.17. The van der Waals surface area contributed by atoms with Crippen LogP contribution in [0.3, 0.4) is 0 Å². The van der Waals surface area contributed by atoms with Crippen molar-refractivity contribution >= 4 is 17.5 Å². The normalized spacial score (nSPS) is 16.4. The van der Waals surface area contributed by atoms with Crippen molar-refractivity contribution in [3.8, 4) is 5.75 Å². The SMILES string of the molecule is CCC(=O)N1CCCN(CCOc2ccc(F)cc2Cl)CC1. The summed E-state index contributed by atoms with van der Waals surface area (Å²) in [5.41, 5.74) is 0. The minimum Gasteiger partial charge on any atom is -0.491 e. The first-order valence-corrected chi connectivity index (χ1v) is 8.06. The van der Waals surface area contributed by atoms with Gasteiger partial charge in [-0.3, -0.25) is 9.69 Å². The van der Waals surface area contributed by atoms with Gasteiger partial charge >= 0.3 is 0 Å². The molecule has 0 atom stereocenters. The highest BCUT2D eigenvalue weighted by molar-refractivity contribution is 6.32. The molecule has 1 aliphatic rings. The van der Waals surface area contributed by atoms with Gasteiger partial charge in [0.25, 0.3) is 0 Å². The molecule has 122 valence electrons. The van der Waals surface area contributed by atoms with Crippen LogP contribution in [0.4, 0.5) is 4.39 Å². The van der Waals surface area contributed by atoms with E-state index in [2.05, 4.69) is 4.90 Å². The summed E-state index contributed by atoms with van der Waals surface area (Å²) >= 11 is 5.92. The van der Waals surface area contributed by atoms with Crippen LogP contribution in [0.2, 0.25) is 5.02 Å². The van der Waals surface area contributed by atoms with Crippen LogP contribution in [0.1, 0.15) is 19.8 Å². The average molecular weight is 329 g/mol. The lowest BCUT2D eigenvalue weighted by molar-refractivity contribution is -0.130. The minimum atomic E-state index is -0.370. The molecule has 0 N–H and O–H groups in total. The Balaban J connectivity index is 1.76. The molecule has 1 aromatic rings. The molecule has 1 heterocycles. The van der Waals surface area contributed by atoms with Gasteiger partial charge in [0.2, 0.25) is 5.91 Å². The number of carbonyl (C=O) groups excluding carboxylic acids is 1. The molecule has 22 heavy (non-hydrogen) atoms. The Morgan fingerprint density at radius 1 is 1.32 bits per heavy atom. The van der Waals surface area contributed by atoms with E-state index in [4.69, 9.17) is 16.3 Å². The predicted molar refractivity (Wildman–Crippen MR) is 84.8 cm³/mol. The maximum Gasteiger partial charge on any atom is 0.222 e. The third-order valence-corrected chi connectivity index (χ3v) is 4.10. The number of ether oxygens (including phenoxy) is 1. The highest BCUT2D eigenvalue weighted by atomic mass is 35.5. The molecule has 1 fully saturated rings. The number of rotatable bonds is 5. The lowest BCUT2D eigenvalue weighted by Crippen LogP contribution is -2.35. The van der Waals surface area contributed by atoms with Crippen LogP contribution in [-0.2, 0) is 4.79 Å². The molecule has 1 aromatic carbocycles. The van der Waals surface area contributed by atoms with Gasteiger partial charge in [-0.25, -0.2) is 4.39 Å². The fourth-order valence-corrected chi connectivity index (χ4v) is 2.77. The molecular formula is C16H22ClFN2O2. The first kappa shape index (κ1) is 17.0. The second-order valence-corrected chi connectivity index (χ2v) is 5.76. The Morgan fingerprint density at radius 2 is 2.14 bits per heavy atom. The molecular weight excluding hydrogens is 307 g/mol. The van der Waals surface area contributed by atoms with Gasteiger partial charge in [0, 0.05) is 39.1 Å². The molecule has 2 rings (SSSR count). The standard InChI is InChI=1S/C16H22ClFN2O2/c1-2-16(21)20-7-3-6-19(8-9-20)10-11-22-15-5-4-13(18)12-14(15)17/h4-5,12H,2-3,6-11H2,1H3. The van der Waals surface area contributed by atoms with Crippen molar-refractivity contribution < 1.29 is 13.9 Å². The summed E-state index contributed by atoms with van der Waals surface area (Å²) in [6.07, 6.45) is 1.54. The number of carbonyl (C=O) groups is 1. The Labute approximate surface area is 135 Å². The monoisotopic (exact) mass is 328 g/mol. The highest BCUT2D eigenvalue weighted by Crippen LogP contribution is 2.24. The van der Waals surface area contributed by atoms with E-state index in [9.17, 15) is 9.18 Å². The van der Waals surface area contributed by atoms with Crippen LogP contribution in [-0.4, -0.2) is 55.0 Å². The van der Waals surface area contributed by atoms with Crippen molar-refractivity contribution in [1.29, 1.82) is 0 Å². The van der Waals surface area contributed by atoms with Crippen molar-refractivity contribution in [2.75, 3.05) is 39.3 Å². The van der Waals surface area contributed by atoms with Crippen molar-refractivity contribution in [3.63, 3.8) is 0 Å². The molecule has 0 radical (unpaired) electrons. The largest absolute Gasteiger partial charge is 0.491 e. The summed E-state index contributed by atoms with van der Waals surface area (Å²) in [6, 6.07) is 4.13. The van der Waals surface area contributed by atoms with E-state index in [1.54, 1.807) is 6.07 Å². The van der Waals surface area contributed by atoms with Gasteiger partial charge in [0.1, 0.15) is 18.2 Å². The van der Waals surface area contributed by atoms with Crippen molar-refractivity contribution in [2.45, 2.75) is 19.8 Å². The van der Waals surface area contributed by atoms with E-state index >= 15 is 0 Å². The lowest BCUT2D eigenvalue weighted by atomic mass is 10.3. The van der Waals surface area contributed by atoms with Crippen molar-refractivity contribution in [1.82, 2.24) is 9.80 Å². The zero-order chi connectivity index (χ0) is 15.9. The van der Waals surface area contributed by atoms with E-state index in [1.165, 1.54) is 12.1 Å². The summed E-state index contributed by atoms with van der Waals surface area (Å²) in [5, 5.41) is 0.288. The molecule has 4 nitrogen and oxygen atoms in total. The molecule has 1 amide bonds. The topological polar surface area (TPSA) is 32.8 Å². The maximum atomic E-state index is 13.0. The zero-order valence-electron chi connectivity index (χ0n) is 12.9. The molecule has 0 unspecified atom stereocenters. The Kier molecular flexibility index (Phi) is 6.46. The van der Waals surface area contributed by atoms with Crippen LogP contribution in [0.15, 0.2) is 18.2 Å². The number of halogens is 2. The van der Waals surface area contributed by atoms with E-state index in [0.29, 0.717) is 18.8 Å². The zero-order valence-corrected chi connectivity index (χ0v) is 13.6. The number of hydrogen-bond donors (Lipinski definition) is 0. The summed E-state index contributed by atoms with van der Waals surface area (Å²) in [6.45, 7) is 6.55. The quantitative estimate of drug-likeness (QED) is 0.833. The molecule has 6 heteroatoms. The number of hydrogen-bond acceptors (Lipinski definition) is 3. The molecule has 1 saturated heterocycles. The fraction of sp³-hybridized carbons (Fsp3) is 0.562. The second-order valence-electron chi connectivity index (χ2n) is 5.35. The summed E-state index contributed by atoms with van der Waals surface area (Å²) in [4.78, 5) is 15.9. The third kappa shape index (κ3) is 4.85. The van der Waals surface area contributed by atoms with Gasteiger partial charge in [0.05, 0.1) is 5.02 Å². The lowest BCUT2D eigenvalue weighted by Gasteiger charge is -2.21. The van der Waals surface area contributed by atoms with Gasteiger partial charge in [-0.1, -0.05) is 18.5 Å². The number of amides is 1. The second kappa shape index (κ2) is 8.34. The maximum absolute atomic E-state index is 13.0. The van der Waals surface area contributed by atoms with Gasteiger partial charge in [-0.05, 0) is 24.6 Å². The van der Waals surface area contributed by atoms with Gasteiger partial charge in [0.15, 0.2) is 0 Å². The van der Waals surface area contributed by atoms with Crippen LogP contribution >= 0.6 is 11.6 Å². The van der Waals surface area contributed by atoms with Crippen molar-refractivity contribution in [3.05, 3.63) is 29.0 Å². The fourth-order valence-electron chi connectivity index (χ4n) is 2.54. The van der Waals surface area contributed by atoms with Gasteiger partial charge in [-0.15, -0.1) is 0 Å². The summed E-state index contributed by atoms with van der Waals surface area (Å²) in [5.74, 6) is 0.349. The first-order valence-electron chi connectivity index (χ1n) is 7.68. The van der Waals surface area contributed by atoms with Crippen LogP contribution in [0.5, 0.6) is 5.75 Å². The first-order chi connectivity index (χ1) is 10.6. The number of benzene rings is 1. The summed E-state index contributed by atoms with van der Waals surface area (Å²) < 4.78 is 18.6. The third-order valence-electron chi connectivity index (χ3n) is 3.80. The Hall–Kier alpha value is -1.33. The average Bonchev–Trinajstić information content (AvgIpc) is 2.74. The van der Waals surface area contributed by atoms with E-state index in [-0.39, 0.29) is 16.7 Å². The van der Waals surface area contributed by atoms with Gasteiger partial charge in [-0.2, -0.15) is 0 Å². The smallest absolute Gasteiger partial charge is 0.222 e. The predicted octanol–water partition coefficient (Wildman–Crippen LogP) is 2.80. The van der Waals surface area contributed by atoms with Crippen LogP contribution in [0.25, 0.3) is 0 Å². The van der Waals surface area contributed by atoms with Crippen LogP contribution < -0.4 is 4.74 Å². The Morgan fingerprint density at radius 3 is 2.86 bits per heavy atom.